The summed E-state index contributed by atoms with van der Waals surface area (Å²) in [6.07, 6.45) is 3.15. The zero-order valence-electron chi connectivity index (χ0n) is 5.61. The lowest BCUT2D eigenvalue weighted by molar-refractivity contribution is 1.00. The molecule has 1 N–H and O–H groups in total. The predicted molar refractivity (Wildman–Crippen MR) is 40.2 cm³/mol. The van der Waals surface area contributed by atoms with Gasteiger partial charge in [-0.1, -0.05) is 0 Å². The molecule has 0 aliphatic carbocycles. The molecule has 0 amide bonds. The van der Waals surface area contributed by atoms with Crippen molar-refractivity contribution in [2.45, 2.75) is 0 Å². The summed E-state index contributed by atoms with van der Waals surface area (Å²) in [7, 11) is 0. The van der Waals surface area contributed by atoms with Gasteiger partial charge in [0, 0.05) is 6.20 Å². The molecule has 4 nitrogen and oxygen atoms in total. The van der Waals surface area contributed by atoms with Crippen LogP contribution in [-0.4, -0.2) is 15.2 Å². The fourth-order valence-corrected chi connectivity index (χ4v) is 0.925. The van der Waals surface area contributed by atoms with Crippen molar-refractivity contribution in [1.29, 1.82) is 0 Å². The van der Waals surface area contributed by atoms with E-state index in [0.29, 0.717) is 10.9 Å². The van der Waals surface area contributed by atoms with Crippen molar-refractivity contribution in [2.75, 3.05) is 0 Å². The summed E-state index contributed by atoms with van der Waals surface area (Å²) in [5.74, 6) is 0. The Labute approximate surface area is 61.9 Å². The first kappa shape index (κ1) is 6.03. The fraction of sp³-hybridized carbons (Fsp3) is 0. The molecule has 0 bridgehead atoms. The molecular formula is C7H5N3O. The summed E-state index contributed by atoms with van der Waals surface area (Å²) in [6.45, 7) is 0. The molecular weight excluding hydrogens is 142 g/mol. The van der Waals surface area contributed by atoms with Crippen molar-refractivity contribution < 1.29 is 0 Å². The molecule has 0 aliphatic heterocycles. The van der Waals surface area contributed by atoms with Gasteiger partial charge in [-0.15, -0.1) is 0 Å². The van der Waals surface area contributed by atoms with Gasteiger partial charge in [-0.25, -0.2) is 5.10 Å². The number of fused-ring (bicyclic) bond motifs is 1. The number of aromatic nitrogens is 3. The summed E-state index contributed by atoms with van der Waals surface area (Å²) in [5.41, 5.74) is 0.423. The number of nitrogens with one attached hydrogen (secondary N) is 1. The maximum absolute atomic E-state index is 11.0. The average molecular weight is 147 g/mol. The van der Waals surface area contributed by atoms with Crippen molar-refractivity contribution in [3.8, 4) is 0 Å². The standard InChI is InChI=1S/C7H5N3O/c11-7-5-2-1-3-8-6(5)4-9-10-7/h1-4H,(H,10,11). The second kappa shape index (κ2) is 2.16. The molecule has 0 fully saturated rings. The molecule has 0 saturated heterocycles. The molecule has 2 aromatic rings. The summed E-state index contributed by atoms with van der Waals surface area (Å²) < 4.78 is 0. The van der Waals surface area contributed by atoms with E-state index in [4.69, 9.17) is 0 Å². The van der Waals surface area contributed by atoms with Crippen molar-refractivity contribution in [2.24, 2.45) is 0 Å². The van der Waals surface area contributed by atoms with Crippen LogP contribution >= 0.6 is 0 Å². The molecule has 54 valence electrons. The monoisotopic (exact) mass is 147 g/mol. The molecule has 0 saturated carbocycles. The Balaban J connectivity index is 3.03. The number of nitrogens with zero attached hydrogens (tertiary/aromatic N) is 2. The minimum Gasteiger partial charge on any atom is -0.267 e. The highest BCUT2D eigenvalue weighted by Crippen LogP contribution is 2.00. The largest absolute Gasteiger partial charge is 0.273 e. The van der Waals surface area contributed by atoms with Gasteiger partial charge in [-0.3, -0.25) is 9.78 Å². The van der Waals surface area contributed by atoms with Gasteiger partial charge in [0.05, 0.1) is 17.1 Å². The number of pyridine rings is 1. The predicted octanol–water partition coefficient (Wildman–Crippen LogP) is 0.318. The van der Waals surface area contributed by atoms with Crippen LogP contribution in [0.4, 0.5) is 0 Å². The Morgan fingerprint density at radius 1 is 1.45 bits per heavy atom. The molecule has 0 atom stereocenters. The molecule has 0 radical (unpaired) electrons. The SMILES string of the molecule is O=c1[nH]ncc2ncccc12. The van der Waals surface area contributed by atoms with E-state index in [9.17, 15) is 4.79 Å². The van der Waals surface area contributed by atoms with Gasteiger partial charge in [0.1, 0.15) is 0 Å². The van der Waals surface area contributed by atoms with Gasteiger partial charge < -0.3 is 0 Å². The van der Waals surface area contributed by atoms with Crippen molar-refractivity contribution >= 4 is 10.9 Å². The van der Waals surface area contributed by atoms with E-state index in [1.165, 1.54) is 6.20 Å². The molecule has 2 aromatic heterocycles. The molecule has 0 unspecified atom stereocenters. The third-order valence-corrected chi connectivity index (χ3v) is 1.44. The first-order valence-corrected chi connectivity index (χ1v) is 3.16. The molecule has 0 aromatic carbocycles. The zero-order chi connectivity index (χ0) is 7.68. The lowest BCUT2D eigenvalue weighted by Crippen LogP contribution is -2.07. The summed E-state index contributed by atoms with van der Waals surface area (Å²) in [4.78, 5) is 15.0. The second-order valence-corrected chi connectivity index (χ2v) is 2.14. The minimum atomic E-state index is -0.199. The first-order chi connectivity index (χ1) is 5.38. The number of hydrogen-bond acceptors (Lipinski definition) is 3. The van der Waals surface area contributed by atoms with E-state index in [-0.39, 0.29) is 5.56 Å². The fourth-order valence-electron chi connectivity index (χ4n) is 0.925. The van der Waals surface area contributed by atoms with Gasteiger partial charge in [0.15, 0.2) is 0 Å². The highest BCUT2D eigenvalue weighted by atomic mass is 16.1. The van der Waals surface area contributed by atoms with Gasteiger partial charge >= 0.3 is 0 Å². The van der Waals surface area contributed by atoms with E-state index < -0.39 is 0 Å². The number of rotatable bonds is 0. The summed E-state index contributed by atoms with van der Waals surface area (Å²) >= 11 is 0. The molecule has 0 aliphatic rings. The van der Waals surface area contributed by atoms with E-state index >= 15 is 0 Å². The Kier molecular flexibility index (Phi) is 1.18. The van der Waals surface area contributed by atoms with Crippen LogP contribution in [0, 0.1) is 0 Å². The van der Waals surface area contributed by atoms with Crippen molar-refractivity contribution in [1.82, 2.24) is 15.2 Å². The van der Waals surface area contributed by atoms with Gasteiger partial charge in [0.25, 0.3) is 5.56 Å². The van der Waals surface area contributed by atoms with Crippen molar-refractivity contribution in [3.63, 3.8) is 0 Å². The van der Waals surface area contributed by atoms with Crippen LogP contribution < -0.4 is 5.56 Å². The minimum absolute atomic E-state index is 0.199. The average Bonchev–Trinajstić information content (AvgIpc) is 2.06. The Morgan fingerprint density at radius 3 is 3.18 bits per heavy atom. The lowest BCUT2D eigenvalue weighted by Gasteiger charge is -1.90. The lowest BCUT2D eigenvalue weighted by atomic mass is 10.3. The number of hydrogen-bond donors (Lipinski definition) is 1. The third-order valence-electron chi connectivity index (χ3n) is 1.44. The van der Waals surface area contributed by atoms with Crippen LogP contribution in [0.1, 0.15) is 0 Å². The maximum Gasteiger partial charge on any atom is 0.273 e. The molecule has 2 heterocycles. The maximum atomic E-state index is 11.0. The van der Waals surface area contributed by atoms with Crippen LogP contribution in [0.2, 0.25) is 0 Å². The number of aromatic amines is 1. The summed E-state index contributed by atoms with van der Waals surface area (Å²) in [5, 5.41) is 6.51. The molecule has 0 spiro atoms. The van der Waals surface area contributed by atoms with Crippen LogP contribution in [-0.2, 0) is 0 Å². The Bertz CT molecular complexity index is 429. The number of H-pyrrole nitrogens is 1. The van der Waals surface area contributed by atoms with Crippen molar-refractivity contribution in [3.05, 3.63) is 34.9 Å². The topological polar surface area (TPSA) is 58.6 Å². The highest BCUT2D eigenvalue weighted by molar-refractivity contribution is 5.75. The van der Waals surface area contributed by atoms with Crippen LogP contribution in [0.25, 0.3) is 10.9 Å². The Hall–Kier alpha value is -1.71. The normalized spacial score (nSPS) is 10.2. The zero-order valence-corrected chi connectivity index (χ0v) is 5.61. The summed E-state index contributed by atoms with van der Waals surface area (Å²) in [6, 6.07) is 3.43. The Morgan fingerprint density at radius 2 is 2.36 bits per heavy atom. The van der Waals surface area contributed by atoms with E-state index in [1.807, 2.05) is 0 Å². The van der Waals surface area contributed by atoms with Crippen LogP contribution in [0.5, 0.6) is 0 Å². The van der Waals surface area contributed by atoms with Gasteiger partial charge in [-0.2, -0.15) is 5.10 Å². The molecule has 2 rings (SSSR count). The van der Waals surface area contributed by atoms with Gasteiger partial charge in [0.2, 0.25) is 0 Å². The van der Waals surface area contributed by atoms with E-state index in [0.717, 1.165) is 0 Å². The van der Waals surface area contributed by atoms with Crippen LogP contribution in [0.15, 0.2) is 29.3 Å². The third kappa shape index (κ3) is 0.881. The smallest absolute Gasteiger partial charge is 0.267 e. The van der Waals surface area contributed by atoms with Gasteiger partial charge in [-0.05, 0) is 12.1 Å². The first-order valence-electron chi connectivity index (χ1n) is 3.16. The highest BCUT2D eigenvalue weighted by Gasteiger charge is 1.95. The molecule has 4 heteroatoms. The van der Waals surface area contributed by atoms with E-state index in [2.05, 4.69) is 15.2 Å². The molecule has 11 heavy (non-hydrogen) atoms. The quantitative estimate of drug-likeness (QED) is 0.583. The van der Waals surface area contributed by atoms with Crippen LogP contribution in [0.3, 0.4) is 0 Å². The second-order valence-electron chi connectivity index (χ2n) is 2.14. The van der Waals surface area contributed by atoms with E-state index in [1.54, 1.807) is 18.3 Å².